The molecule has 1 aliphatic rings. The molecule has 0 radical (unpaired) electrons. The fraction of sp³-hybridized carbons (Fsp3) is 0.583. The van der Waals surface area contributed by atoms with Gasteiger partial charge < -0.3 is 20.3 Å². The average molecular weight is 266 g/mol. The van der Waals surface area contributed by atoms with Gasteiger partial charge >= 0.3 is 5.97 Å². The minimum absolute atomic E-state index is 0.0123. The molecule has 0 aliphatic carbocycles. The number of carbonyl (C=O) groups is 2. The molecule has 0 unspecified atom stereocenters. The molecule has 1 fully saturated rings. The van der Waals surface area contributed by atoms with Gasteiger partial charge in [0.25, 0.3) is 0 Å². The quantitative estimate of drug-likeness (QED) is 0.688. The molecular weight excluding hydrogens is 248 g/mol. The zero-order valence-corrected chi connectivity index (χ0v) is 10.6. The number of nitrogens with one attached hydrogen (secondary N) is 2. The van der Waals surface area contributed by atoms with Crippen molar-refractivity contribution in [3.8, 4) is 0 Å². The Morgan fingerprint density at radius 2 is 2.37 bits per heavy atom. The number of carboxylic acids is 1. The molecule has 0 spiro atoms. The fourth-order valence-corrected chi connectivity index (χ4v) is 2.10. The van der Waals surface area contributed by atoms with Crippen LogP contribution in [-0.2, 0) is 11.3 Å². The van der Waals surface area contributed by atoms with E-state index >= 15 is 0 Å². The fourth-order valence-electron chi connectivity index (χ4n) is 2.10. The zero-order valence-electron chi connectivity index (χ0n) is 10.6. The van der Waals surface area contributed by atoms with Crippen molar-refractivity contribution in [2.75, 3.05) is 13.1 Å². The molecule has 3 N–H and O–H groups in total. The molecule has 104 valence electrons. The molecule has 0 saturated carbocycles. The van der Waals surface area contributed by atoms with E-state index in [1.807, 2.05) is 0 Å². The Morgan fingerprint density at radius 1 is 1.53 bits per heavy atom. The molecule has 7 heteroatoms. The van der Waals surface area contributed by atoms with E-state index in [0.717, 1.165) is 25.8 Å². The van der Waals surface area contributed by atoms with Gasteiger partial charge in [-0.1, -0.05) is 6.42 Å². The molecule has 1 aromatic heterocycles. The number of hydrogen-bond donors (Lipinski definition) is 3. The summed E-state index contributed by atoms with van der Waals surface area (Å²) in [4.78, 5) is 26.2. The molecule has 1 amide bonds. The van der Waals surface area contributed by atoms with Crippen LogP contribution in [0.3, 0.4) is 0 Å². The minimum atomic E-state index is -1.05. The Morgan fingerprint density at radius 3 is 3.00 bits per heavy atom. The normalized spacial score (nSPS) is 19.1. The van der Waals surface area contributed by atoms with Gasteiger partial charge in [0.05, 0.1) is 12.4 Å². The van der Waals surface area contributed by atoms with Crippen molar-refractivity contribution in [1.29, 1.82) is 0 Å². The van der Waals surface area contributed by atoms with Crippen LogP contribution in [0.2, 0.25) is 0 Å². The van der Waals surface area contributed by atoms with Gasteiger partial charge in [-0.05, 0) is 19.4 Å². The van der Waals surface area contributed by atoms with Gasteiger partial charge in [0.15, 0.2) is 5.69 Å². The highest BCUT2D eigenvalue weighted by atomic mass is 16.4. The van der Waals surface area contributed by atoms with Gasteiger partial charge in [0.1, 0.15) is 0 Å². The number of amides is 1. The number of imidazole rings is 1. The predicted molar refractivity (Wildman–Crippen MR) is 67.8 cm³/mol. The molecule has 1 aliphatic heterocycles. The van der Waals surface area contributed by atoms with Crippen molar-refractivity contribution in [2.45, 2.75) is 31.8 Å². The highest BCUT2D eigenvalue weighted by Gasteiger charge is 2.19. The summed E-state index contributed by atoms with van der Waals surface area (Å²) < 4.78 is 1.65. The second kappa shape index (κ2) is 6.33. The molecule has 7 nitrogen and oxygen atoms in total. The highest BCUT2D eigenvalue weighted by Crippen LogP contribution is 2.06. The summed E-state index contributed by atoms with van der Waals surface area (Å²) >= 11 is 0. The van der Waals surface area contributed by atoms with Gasteiger partial charge in [-0.3, -0.25) is 4.79 Å². The predicted octanol–water partition coefficient (Wildman–Crippen LogP) is -0.160. The number of rotatable bonds is 5. The van der Waals surface area contributed by atoms with Crippen LogP contribution in [0.25, 0.3) is 0 Å². The maximum atomic E-state index is 11.8. The molecule has 1 saturated heterocycles. The number of piperidine rings is 1. The average Bonchev–Trinajstić information content (AvgIpc) is 2.89. The summed E-state index contributed by atoms with van der Waals surface area (Å²) in [5.41, 5.74) is 0.0141. The summed E-state index contributed by atoms with van der Waals surface area (Å²) in [6, 6.07) is -0.0916. The van der Waals surface area contributed by atoms with E-state index in [1.165, 1.54) is 12.5 Å². The van der Waals surface area contributed by atoms with E-state index in [4.69, 9.17) is 5.11 Å². The summed E-state index contributed by atoms with van der Waals surface area (Å²) in [6.45, 7) is 1.87. The Balaban J connectivity index is 1.73. The van der Waals surface area contributed by atoms with Crippen molar-refractivity contribution >= 4 is 11.9 Å². The lowest BCUT2D eigenvalue weighted by Gasteiger charge is -2.22. The molecule has 1 aromatic rings. The van der Waals surface area contributed by atoms with Gasteiger partial charge in [0.2, 0.25) is 5.91 Å². The van der Waals surface area contributed by atoms with E-state index in [1.54, 1.807) is 4.57 Å². The lowest BCUT2D eigenvalue weighted by atomic mass is 10.0. The molecule has 2 heterocycles. The van der Waals surface area contributed by atoms with Crippen LogP contribution in [0.1, 0.15) is 29.8 Å². The Kier molecular flexibility index (Phi) is 4.51. The number of aromatic carboxylic acids is 1. The molecule has 0 bridgehead atoms. The Hall–Kier alpha value is -1.89. The third-order valence-electron chi connectivity index (χ3n) is 3.15. The molecule has 2 rings (SSSR count). The second-order valence-corrected chi connectivity index (χ2v) is 4.60. The number of hydrogen-bond acceptors (Lipinski definition) is 4. The van der Waals surface area contributed by atoms with Crippen LogP contribution in [0.15, 0.2) is 12.5 Å². The number of carboxylic acid groups (broad SMARTS) is 1. The first-order chi connectivity index (χ1) is 9.16. The van der Waals surface area contributed by atoms with Crippen molar-refractivity contribution in [1.82, 2.24) is 20.2 Å². The summed E-state index contributed by atoms with van der Waals surface area (Å²) in [5, 5.41) is 14.7. The Bertz CT molecular complexity index is 452. The van der Waals surface area contributed by atoms with E-state index in [9.17, 15) is 9.59 Å². The number of aromatic nitrogens is 2. The molecule has 0 aromatic carbocycles. The summed E-state index contributed by atoms with van der Waals surface area (Å²) in [6.07, 6.45) is 5.98. The van der Waals surface area contributed by atoms with Crippen LogP contribution in [0.5, 0.6) is 0 Å². The largest absolute Gasteiger partial charge is 0.476 e. The van der Waals surface area contributed by atoms with Gasteiger partial charge in [-0.25, -0.2) is 9.78 Å². The third kappa shape index (κ3) is 3.78. The van der Waals surface area contributed by atoms with Crippen LogP contribution in [0.4, 0.5) is 0 Å². The van der Waals surface area contributed by atoms with Gasteiger partial charge in [-0.2, -0.15) is 0 Å². The van der Waals surface area contributed by atoms with Crippen molar-refractivity contribution < 1.29 is 14.7 Å². The second-order valence-electron chi connectivity index (χ2n) is 4.60. The van der Waals surface area contributed by atoms with E-state index in [2.05, 4.69) is 15.6 Å². The molecule has 1 atom stereocenters. The first-order valence-corrected chi connectivity index (χ1v) is 6.43. The SMILES string of the molecule is O=C(O)c1cn(CCNC(=O)[C@H]2CCCCN2)cn1. The van der Waals surface area contributed by atoms with E-state index < -0.39 is 5.97 Å². The third-order valence-corrected chi connectivity index (χ3v) is 3.15. The van der Waals surface area contributed by atoms with Crippen molar-refractivity contribution in [3.05, 3.63) is 18.2 Å². The topological polar surface area (TPSA) is 96.2 Å². The number of carbonyl (C=O) groups excluding carboxylic acids is 1. The monoisotopic (exact) mass is 266 g/mol. The van der Waals surface area contributed by atoms with Gasteiger partial charge in [-0.15, -0.1) is 0 Å². The maximum absolute atomic E-state index is 11.8. The van der Waals surface area contributed by atoms with Crippen LogP contribution < -0.4 is 10.6 Å². The van der Waals surface area contributed by atoms with Crippen LogP contribution >= 0.6 is 0 Å². The zero-order chi connectivity index (χ0) is 13.7. The lowest BCUT2D eigenvalue weighted by molar-refractivity contribution is -0.123. The van der Waals surface area contributed by atoms with E-state index in [-0.39, 0.29) is 17.6 Å². The Labute approximate surface area is 111 Å². The smallest absolute Gasteiger partial charge is 0.356 e. The summed E-state index contributed by atoms with van der Waals surface area (Å²) in [7, 11) is 0. The maximum Gasteiger partial charge on any atom is 0.356 e. The van der Waals surface area contributed by atoms with Crippen LogP contribution in [0, 0.1) is 0 Å². The highest BCUT2D eigenvalue weighted by molar-refractivity contribution is 5.84. The first kappa shape index (κ1) is 13.5. The minimum Gasteiger partial charge on any atom is -0.476 e. The van der Waals surface area contributed by atoms with Crippen molar-refractivity contribution in [2.24, 2.45) is 0 Å². The number of nitrogens with zero attached hydrogens (tertiary/aromatic N) is 2. The van der Waals surface area contributed by atoms with E-state index in [0.29, 0.717) is 13.1 Å². The molecular formula is C12H18N4O3. The van der Waals surface area contributed by atoms with Crippen LogP contribution in [-0.4, -0.2) is 45.7 Å². The lowest BCUT2D eigenvalue weighted by Crippen LogP contribution is -2.47. The van der Waals surface area contributed by atoms with Gasteiger partial charge in [0, 0.05) is 19.3 Å². The molecule has 19 heavy (non-hydrogen) atoms. The van der Waals surface area contributed by atoms with Crippen molar-refractivity contribution in [3.63, 3.8) is 0 Å². The standard InChI is InChI=1S/C12H18N4O3/c17-11(9-3-1-2-4-13-9)14-5-6-16-7-10(12(18)19)15-8-16/h7-9,13H,1-6H2,(H,14,17)(H,18,19)/t9-/m1/s1. The summed E-state index contributed by atoms with van der Waals surface area (Å²) in [5.74, 6) is -1.03. The first-order valence-electron chi connectivity index (χ1n) is 6.43.